The monoisotopic (exact) mass is 281 g/mol. The van der Waals surface area contributed by atoms with Crippen LogP contribution in [0.4, 0.5) is 0 Å². The molecule has 1 saturated carbocycles. The summed E-state index contributed by atoms with van der Waals surface area (Å²) in [6.45, 7) is 3.24. The lowest BCUT2D eigenvalue weighted by Crippen LogP contribution is -2.40. The first-order chi connectivity index (χ1) is 9.40. The predicted octanol–water partition coefficient (Wildman–Crippen LogP) is 0.491. The Morgan fingerprint density at radius 3 is 2.55 bits per heavy atom. The molecule has 0 radical (unpaired) electrons. The normalized spacial score (nSPS) is 14.2. The van der Waals surface area contributed by atoms with Crippen LogP contribution >= 0.6 is 0 Å². The minimum Gasteiger partial charge on any atom is -0.480 e. The summed E-state index contributed by atoms with van der Waals surface area (Å²) in [7, 11) is 1.80. The van der Waals surface area contributed by atoms with Gasteiger partial charge in [-0.1, -0.05) is 0 Å². The zero-order valence-corrected chi connectivity index (χ0v) is 11.9. The van der Waals surface area contributed by atoms with Crippen LogP contribution in [-0.4, -0.2) is 50.9 Å². The standard InChI is InChI=1S/C13H19N3O4/c1-8-13(9(2)15(3)14-8)20-7-11(17)16(6-12(18)19)10-4-5-10/h10H,4-7H2,1-3H3,(H,18,19). The van der Waals surface area contributed by atoms with Gasteiger partial charge >= 0.3 is 5.97 Å². The number of carboxylic acids is 1. The van der Waals surface area contributed by atoms with E-state index in [9.17, 15) is 9.59 Å². The second-order valence-electron chi connectivity index (χ2n) is 5.06. The highest BCUT2D eigenvalue weighted by Crippen LogP contribution is 2.27. The van der Waals surface area contributed by atoms with Crippen molar-refractivity contribution >= 4 is 11.9 Å². The minimum atomic E-state index is -1.00. The van der Waals surface area contributed by atoms with Crippen molar-refractivity contribution in [3.05, 3.63) is 11.4 Å². The Morgan fingerprint density at radius 2 is 2.10 bits per heavy atom. The summed E-state index contributed by atoms with van der Waals surface area (Å²) < 4.78 is 7.21. The summed E-state index contributed by atoms with van der Waals surface area (Å²) in [4.78, 5) is 24.2. The fourth-order valence-corrected chi connectivity index (χ4v) is 2.13. The second-order valence-corrected chi connectivity index (χ2v) is 5.06. The molecular weight excluding hydrogens is 262 g/mol. The lowest BCUT2D eigenvalue weighted by atomic mass is 10.3. The van der Waals surface area contributed by atoms with Crippen molar-refractivity contribution in [3.63, 3.8) is 0 Å². The molecule has 7 heteroatoms. The van der Waals surface area contributed by atoms with Crippen LogP contribution in [0.3, 0.4) is 0 Å². The van der Waals surface area contributed by atoms with Gasteiger partial charge in [-0.25, -0.2) is 0 Å². The average Bonchev–Trinajstić information content (AvgIpc) is 3.15. The smallest absolute Gasteiger partial charge is 0.323 e. The fourth-order valence-electron chi connectivity index (χ4n) is 2.13. The van der Waals surface area contributed by atoms with Crippen LogP contribution in [0.25, 0.3) is 0 Å². The van der Waals surface area contributed by atoms with Crippen molar-refractivity contribution in [1.82, 2.24) is 14.7 Å². The van der Waals surface area contributed by atoms with Gasteiger partial charge in [0.2, 0.25) is 0 Å². The molecule has 0 bridgehead atoms. The number of carbonyl (C=O) groups excluding carboxylic acids is 1. The van der Waals surface area contributed by atoms with Crippen LogP contribution < -0.4 is 4.74 Å². The zero-order valence-electron chi connectivity index (χ0n) is 11.9. The van der Waals surface area contributed by atoms with Crippen LogP contribution in [0, 0.1) is 13.8 Å². The Balaban J connectivity index is 1.98. The molecule has 0 aromatic carbocycles. The van der Waals surface area contributed by atoms with Crippen LogP contribution in [-0.2, 0) is 16.6 Å². The van der Waals surface area contributed by atoms with Gasteiger partial charge in [0.1, 0.15) is 12.2 Å². The first kappa shape index (κ1) is 14.4. The molecule has 7 nitrogen and oxygen atoms in total. The van der Waals surface area contributed by atoms with E-state index in [1.807, 2.05) is 13.8 Å². The summed E-state index contributed by atoms with van der Waals surface area (Å²) in [5.74, 6) is -0.705. The Kier molecular flexibility index (Phi) is 3.96. The lowest BCUT2D eigenvalue weighted by molar-refractivity contribution is -0.145. The minimum absolute atomic E-state index is 0.0540. The molecule has 1 fully saturated rings. The Labute approximate surface area is 117 Å². The molecule has 110 valence electrons. The summed E-state index contributed by atoms with van der Waals surface area (Å²) in [6.07, 6.45) is 1.73. The highest BCUT2D eigenvalue weighted by atomic mass is 16.5. The first-order valence-electron chi connectivity index (χ1n) is 6.54. The highest BCUT2D eigenvalue weighted by molar-refractivity contribution is 5.83. The van der Waals surface area contributed by atoms with Crippen molar-refractivity contribution in [3.8, 4) is 5.75 Å². The van der Waals surface area contributed by atoms with Crippen molar-refractivity contribution < 1.29 is 19.4 Å². The van der Waals surface area contributed by atoms with Gasteiger partial charge in [0.15, 0.2) is 12.4 Å². The molecule has 0 saturated heterocycles. The third kappa shape index (κ3) is 3.09. The van der Waals surface area contributed by atoms with E-state index in [0.717, 1.165) is 18.5 Å². The Hall–Kier alpha value is -2.05. The molecule has 2 rings (SSSR count). The van der Waals surface area contributed by atoms with Crippen LogP contribution in [0.2, 0.25) is 0 Å². The third-order valence-electron chi connectivity index (χ3n) is 3.40. The maximum atomic E-state index is 12.1. The van der Waals surface area contributed by atoms with E-state index in [0.29, 0.717) is 11.4 Å². The predicted molar refractivity (Wildman–Crippen MR) is 70.5 cm³/mol. The SMILES string of the molecule is Cc1nn(C)c(C)c1OCC(=O)N(CC(=O)O)C1CC1. The van der Waals surface area contributed by atoms with Gasteiger partial charge in [0, 0.05) is 13.1 Å². The second kappa shape index (κ2) is 5.52. The molecule has 0 aliphatic heterocycles. The van der Waals surface area contributed by atoms with E-state index in [1.165, 1.54) is 4.90 Å². The molecule has 1 aliphatic rings. The summed E-state index contributed by atoms with van der Waals surface area (Å²) in [5, 5.41) is 13.0. The molecule has 0 spiro atoms. The number of carboxylic acid groups (broad SMARTS) is 1. The topological polar surface area (TPSA) is 84.7 Å². The third-order valence-corrected chi connectivity index (χ3v) is 3.40. The number of aliphatic carboxylic acids is 1. The van der Waals surface area contributed by atoms with Gasteiger partial charge in [-0.15, -0.1) is 0 Å². The molecule has 1 N–H and O–H groups in total. The molecule has 1 aliphatic carbocycles. The zero-order chi connectivity index (χ0) is 14.9. The van der Waals surface area contributed by atoms with Gasteiger partial charge in [-0.3, -0.25) is 14.3 Å². The number of aromatic nitrogens is 2. The summed E-state index contributed by atoms with van der Waals surface area (Å²) in [5.41, 5.74) is 1.56. The summed E-state index contributed by atoms with van der Waals surface area (Å²) in [6, 6.07) is 0.0540. The van der Waals surface area contributed by atoms with Gasteiger partial charge < -0.3 is 14.7 Å². The van der Waals surface area contributed by atoms with Crippen molar-refractivity contribution in [1.29, 1.82) is 0 Å². The van der Waals surface area contributed by atoms with Gasteiger partial charge in [0.05, 0.1) is 5.69 Å². The van der Waals surface area contributed by atoms with Gasteiger partial charge in [-0.05, 0) is 26.7 Å². The number of ether oxygens (including phenoxy) is 1. The van der Waals surface area contributed by atoms with Crippen molar-refractivity contribution in [2.45, 2.75) is 32.7 Å². The lowest BCUT2D eigenvalue weighted by Gasteiger charge is -2.20. The van der Waals surface area contributed by atoms with Gasteiger partial charge in [0.25, 0.3) is 5.91 Å². The largest absolute Gasteiger partial charge is 0.480 e. The van der Waals surface area contributed by atoms with Crippen LogP contribution in [0.1, 0.15) is 24.2 Å². The number of rotatable bonds is 6. The van der Waals surface area contributed by atoms with E-state index in [4.69, 9.17) is 9.84 Å². The molecule has 0 unspecified atom stereocenters. The maximum Gasteiger partial charge on any atom is 0.323 e. The molecule has 1 heterocycles. The molecule has 1 aromatic rings. The van der Waals surface area contributed by atoms with E-state index in [-0.39, 0.29) is 25.1 Å². The van der Waals surface area contributed by atoms with Crippen molar-refractivity contribution in [2.75, 3.05) is 13.2 Å². The number of hydrogen-bond acceptors (Lipinski definition) is 4. The fraction of sp³-hybridized carbons (Fsp3) is 0.615. The maximum absolute atomic E-state index is 12.1. The molecule has 20 heavy (non-hydrogen) atoms. The van der Waals surface area contributed by atoms with E-state index < -0.39 is 5.97 Å². The molecular formula is C13H19N3O4. The summed E-state index contributed by atoms with van der Waals surface area (Å²) >= 11 is 0. The molecule has 1 aromatic heterocycles. The van der Waals surface area contributed by atoms with Crippen LogP contribution in [0.5, 0.6) is 5.75 Å². The Morgan fingerprint density at radius 1 is 1.45 bits per heavy atom. The van der Waals surface area contributed by atoms with E-state index in [2.05, 4.69) is 5.10 Å². The van der Waals surface area contributed by atoms with E-state index >= 15 is 0 Å². The van der Waals surface area contributed by atoms with Gasteiger partial charge in [-0.2, -0.15) is 5.10 Å². The molecule has 1 amide bonds. The van der Waals surface area contributed by atoms with Crippen LogP contribution in [0.15, 0.2) is 0 Å². The number of carbonyl (C=O) groups is 2. The number of aryl methyl sites for hydroxylation is 2. The number of hydrogen-bond donors (Lipinski definition) is 1. The first-order valence-corrected chi connectivity index (χ1v) is 6.54. The number of amides is 1. The van der Waals surface area contributed by atoms with E-state index in [1.54, 1.807) is 11.7 Å². The van der Waals surface area contributed by atoms with Crippen molar-refractivity contribution in [2.24, 2.45) is 7.05 Å². The quantitative estimate of drug-likeness (QED) is 0.820. The average molecular weight is 281 g/mol. The molecule has 0 atom stereocenters. The number of nitrogens with zero attached hydrogens (tertiary/aromatic N) is 3. The Bertz CT molecular complexity index is 534. The highest BCUT2D eigenvalue weighted by Gasteiger charge is 2.34.